The highest BCUT2D eigenvalue weighted by molar-refractivity contribution is 6.03. The highest BCUT2D eigenvalue weighted by Crippen LogP contribution is 2.31. The van der Waals surface area contributed by atoms with Crippen LogP contribution in [0.3, 0.4) is 0 Å². The average molecular weight is 496 g/mol. The first-order chi connectivity index (χ1) is 18.1. The number of amides is 2. The number of hydrogen-bond acceptors (Lipinski definition) is 3. The molecule has 5 rings (SSSR count). The van der Waals surface area contributed by atoms with Gasteiger partial charge in [0.1, 0.15) is 0 Å². The van der Waals surface area contributed by atoms with E-state index in [-0.39, 0.29) is 11.8 Å². The van der Waals surface area contributed by atoms with Crippen LogP contribution in [0.2, 0.25) is 0 Å². The third kappa shape index (κ3) is 5.87. The molecule has 0 spiro atoms. The fraction of sp³-hybridized carbons (Fsp3) is 0.375. The molecule has 0 atom stereocenters. The summed E-state index contributed by atoms with van der Waals surface area (Å²) in [4.78, 5) is 31.8. The van der Waals surface area contributed by atoms with Gasteiger partial charge >= 0.3 is 0 Å². The lowest BCUT2D eigenvalue weighted by Gasteiger charge is -2.34. The molecular weight excluding hydrogens is 458 g/mol. The van der Waals surface area contributed by atoms with E-state index >= 15 is 0 Å². The quantitative estimate of drug-likeness (QED) is 0.435. The second-order valence-corrected chi connectivity index (χ2v) is 10.5. The second kappa shape index (κ2) is 11.6. The summed E-state index contributed by atoms with van der Waals surface area (Å²) in [7, 11) is 0. The Labute approximate surface area is 220 Å². The predicted octanol–water partition coefficient (Wildman–Crippen LogP) is 6.32. The van der Waals surface area contributed by atoms with Crippen molar-refractivity contribution in [2.75, 3.05) is 36.4 Å². The Kier molecular flexibility index (Phi) is 7.88. The summed E-state index contributed by atoms with van der Waals surface area (Å²) in [5.41, 5.74) is 4.23. The van der Waals surface area contributed by atoms with E-state index in [1.165, 1.54) is 6.42 Å². The first-order valence-electron chi connectivity index (χ1n) is 13.7. The van der Waals surface area contributed by atoms with E-state index in [4.69, 9.17) is 0 Å². The van der Waals surface area contributed by atoms with Gasteiger partial charge in [0.2, 0.25) is 5.91 Å². The minimum Gasteiger partial charge on any atom is -0.371 e. The molecular formula is C32H37N3O2. The first-order valence-corrected chi connectivity index (χ1v) is 13.7. The first kappa shape index (κ1) is 25.1. The van der Waals surface area contributed by atoms with Crippen LogP contribution in [-0.2, 0) is 4.79 Å². The van der Waals surface area contributed by atoms with Crippen molar-refractivity contribution in [2.45, 2.75) is 44.9 Å². The number of likely N-dealkylation sites (tertiary alicyclic amines) is 1. The van der Waals surface area contributed by atoms with Crippen molar-refractivity contribution in [1.82, 2.24) is 4.90 Å². The van der Waals surface area contributed by atoms with Gasteiger partial charge in [-0.05, 0) is 67.3 Å². The van der Waals surface area contributed by atoms with Crippen LogP contribution in [0, 0.1) is 5.92 Å². The second-order valence-electron chi connectivity index (χ2n) is 10.5. The van der Waals surface area contributed by atoms with Crippen molar-refractivity contribution in [3.8, 4) is 0 Å². The zero-order chi connectivity index (χ0) is 25.6. The molecule has 0 saturated carbocycles. The standard InChI is InChI=1S/C32H37N3O2/c1-24-17-21-35(22-18-24)32(37)28-23-27(15-16-29(28)34-19-9-4-10-20-34)33-31(36)30(25-11-5-2-6-12-25)26-13-7-3-8-14-26/h2-3,5-8,11-16,23-24,30H,4,9-10,17-22H2,1H3,(H,33,36). The minimum absolute atomic E-state index is 0.0752. The van der Waals surface area contributed by atoms with E-state index in [2.05, 4.69) is 17.1 Å². The number of nitrogens with zero attached hydrogens (tertiary/aromatic N) is 2. The Morgan fingerprint density at radius 3 is 1.97 bits per heavy atom. The molecule has 2 saturated heterocycles. The van der Waals surface area contributed by atoms with Gasteiger partial charge in [-0.15, -0.1) is 0 Å². The molecule has 0 aromatic heterocycles. The van der Waals surface area contributed by atoms with Gasteiger partial charge in [-0.1, -0.05) is 67.6 Å². The number of anilines is 2. The van der Waals surface area contributed by atoms with Crippen molar-refractivity contribution >= 4 is 23.2 Å². The topological polar surface area (TPSA) is 52.7 Å². The molecule has 0 bridgehead atoms. The Morgan fingerprint density at radius 1 is 0.784 bits per heavy atom. The average Bonchev–Trinajstić information content (AvgIpc) is 2.95. The number of nitrogens with one attached hydrogen (secondary N) is 1. The molecule has 2 heterocycles. The van der Waals surface area contributed by atoms with Crippen LogP contribution in [0.1, 0.15) is 66.4 Å². The van der Waals surface area contributed by atoms with Gasteiger partial charge in [0.15, 0.2) is 0 Å². The Bertz CT molecular complexity index is 1160. The lowest BCUT2D eigenvalue weighted by atomic mass is 9.90. The van der Waals surface area contributed by atoms with E-state index in [1.54, 1.807) is 0 Å². The normalized spacial score (nSPS) is 16.6. The third-order valence-corrected chi connectivity index (χ3v) is 7.79. The molecule has 2 aliphatic rings. The van der Waals surface area contributed by atoms with Gasteiger partial charge in [-0.3, -0.25) is 9.59 Å². The Balaban J connectivity index is 1.45. The number of hydrogen-bond donors (Lipinski definition) is 1. The van der Waals surface area contributed by atoms with Crippen molar-refractivity contribution in [3.63, 3.8) is 0 Å². The fourth-order valence-corrected chi connectivity index (χ4v) is 5.58. The Hall–Kier alpha value is -3.60. The summed E-state index contributed by atoms with van der Waals surface area (Å²) in [5, 5.41) is 3.15. The van der Waals surface area contributed by atoms with Crippen molar-refractivity contribution in [1.29, 1.82) is 0 Å². The molecule has 3 aromatic carbocycles. The SMILES string of the molecule is CC1CCN(C(=O)c2cc(NC(=O)C(c3ccccc3)c3ccccc3)ccc2N2CCCCC2)CC1. The van der Waals surface area contributed by atoms with Gasteiger partial charge in [0, 0.05) is 37.6 Å². The maximum absolute atomic E-state index is 13.8. The molecule has 5 heteroatoms. The molecule has 5 nitrogen and oxygen atoms in total. The summed E-state index contributed by atoms with van der Waals surface area (Å²) >= 11 is 0. The van der Waals surface area contributed by atoms with E-state index < -0.39 is 5.92 Å². The van der Waals surface area contributed by atoms with Gasteiger partial charge in [0.05, 0.1) is 11.5 Å². The number of rotatable bonds is 6. The number of piperidine rings is 2. The van der Waals surface area contributed by atoms with E-state index in [0.29, 0.717) is 17.2 Å². The predicted molar refractivity (Wildman–Crippen MR) is 150 cm³/mol. The summed E-state index contributed by atoms with van der Waals surface area (Å²) in [6, 6.07) is 25.6. The van der Waals surface area contributed by atoms with Crippen LogP contribution >= 0.6 is 0 Å². The number of carbonyl (C=O) groups is 2. The molecule has 192 valence electrons. The van der Waals surface area contributed by atoms with Crippen LogP contribution in [0.4, 0.5) is 11.4 Å². The third-order valence-electron chi connectivity index (χ3n) is 7.79. The molecule has 0 radical (unpaired) electrons. The van der Waals surface area contributed by atoms with Crippen LogP contribution in [-0.4, -0.2) is 42.9 Å². The van der Waals surface area contributed by atoms with Gasteiger partial charge in [0.25, 0.3) is 5.91 Å². The van der Waals surface area contributed by atoms with Crippen molar-refractivity contribution in [3.05, 3.63) is 95.6 Å². The summed E-state index contributed by atoms with van der Waals surface area (Å²) in [6.07, 6.45) is 5.60. The van der Waals surface area contributed by atoms with Crippen LogP contribution < -0.4 is 10.2 Å². The molecule has 0 unspecified atom stereocenters. The highest BCUT2D eigenvalue weighted by atomic mass is 16.2. The van der Waals surface area contributed by atoms with E-state index in [0.717, 1.165) is 68.7 Å². The molecule has 0 aliphatic carbocycles. The molecule has 1 N–H and O–H groups in total. The molecule has 2 aliphatic heterocycles. The lowest BCUT2D eigenvalue weighted by Crippen LogP contribution is -2.39. The monoisotopic (exact) mass is 495 g/mol. The van der Waals surface area contributed by atoms with Crippen LogP contribution in [0.25, 0.3) is 0 Å². The van der Waals surface area contributed by atoms with Gasteiger partial charge in [-0.25, -0.2) is 0 Å². The summed E-state index contributed by atoms with van der Waals surface area (Å²) in [5.74, 6) is 0.190. The largest absolute Gasteiger partial charge is 0.371 e. The minimum atomic E-state index is -0.438. The number of carbonyl (C=O) groups excluding carboxylic acids is 2. The van der Waals surface area contributed by atoms with Gasteiger partial charge < -0.3 is 15.1 Å². The van der Waals surface area contributed by atoms with Gasteiger partial charge in [-0.2, -0.15) is 0 Å². The zero-order valence-electron chi connectivity index (χ0n) is 21.7. The summed E-state index contributed by atoms with van der Waals surface area (Å²) in [6.45, 7) is 5.77. The molecule has 2 fully saturated rings. The fourth-order valence-electron chi connectivity index (χ4n) is 5.58. The smallest absolute Gasteiger partial charge is 0.256 e. The van der Waals surface area contributed by atoms with E-state index in [1.807, 2.05) is 83.8 Å². The van der Waals surface area contributed by atoms with E-state index in [9.17, 15) is 9.59 Å². The van der Waals surface area contributed by atoms with Crippen molar-refractivity contribution in [2.24, 2.45) is 5.92 Å². The molecule has 2 amide bonds. The highest BCUT2D eigenvalue weighted by Gasteiger charge is 2.27. The Morgan fingerprint density at radius 2 is 1.38 bits per heavy atom. The molecule has 3 aromatic rings. The maximum Gasteiger partial charge on any atom is 0.256 e. The number of benzene rings is 3. The van der Waals surface area contributed by atoms with Crippen LogP contribution in [0.5, 0.6) is 0 Å². The van der Waals surface area contributed by atoms with Crippen LogP contribution in [0.15, 0.2) is 78.9 Å². The lowest BCUT2D eigenvalue weighted by molar-refractivity contribution is -0.116. The molecule has 37 heavy (non-hydrogen) atoms. The summed E-state index contributed by atoms with van der Waals surface area (Å²) < 4.78 is 0. The van der Waals surface area contributed by atoms with Crippen molar-refractivity contribution < 1.29 is 9.59 Å². The zero-order valence-corrected chi connectivity index (χ0v) is 21.7. The maximum atomic E-state index is 13.8.